The summed E-state index contributed by atoms with van der Waals surface area (Å²) in [6.07, 6.45) is 1.89. The largest absolute Gasteiger partial charge is 0.471 e. The molecule has 2 atom stereocenters. The molecular formula is C11H19N2O7PS. The van der Waals surface area contributed by atoms with E-state index < -0.39 is 7.82 Å². The van der Waals surface area contributed by atoms with Crippen LogP contribution in [-0.2, 0) is 28.0 Å². The predicted molar refractivity (Wildman–Crippen MR) is 79.1 cm³/mol. The molecule has 2 N–H and O–H groups in total. The van der Waals surface area contributed by atoms with Crippen LogP contribution in [0.1, 0.15) is 12.8 Å². The Bertz CT molecular complexity index is 487. The van der Waals surface area contributed by atoms with Gasteiger partial charge in [-0.25, -0.2) is 4.57 Å². The van der Waals surface area contributed by atoms with Crippen LogP contribution in [-0.4, -0.2) is 65.8 Å². The minimum absolute atomic E-state index is 0.0159. The fraction of sp³-hybridized carbons (Fsp3) is 0.727. The molecule has 126 valence electrons. The van der Waals surface area contributed by atoms with Gasteiger partial charge in [-0.3, -0.25) is 28.3 Å². The average Bonchev–Trinajstić information content (AvgIpc) is 2.76. The first kappa shape index (κ1) is 19.1. The average molecular weight is 354 g/mol. The predicted octanol–water partition coefficient (Wildman–Crippen LogP) is -0.253. The number of nitrogens with one attached hydrogen (secondary N) is 1. The molecule has 3 amide bonds. The maximum absolute atomic E-state index is 11.8. The molecule has 0 saturated carbocycles. The minimum Gasteiger partial charge on any atom is -0.354 e. The molecule has 1 fully saturated rings. The van der Waals surface area contributed by atoms with Crippen LogP contribution in [0.5, 0.6) is 0 Å². The summed E-state index contributed by atoms with van der Waals surface area (Å²) >= 11 is 1.31. The van der Waals surface area contributed by atoms with Crippen LogP contribution in [0.2, 0.25) is 0 Å². The van der Waals surface area contributed by atoms with E-state index in [1.165, 1.54) is 11.8 Å². The van der Waals surface area contributed by atoms with E-state index in [1.54, 1.807) is 6.26 Å². The number of nitrogens with zero attached hydrogens (tertiary/aromatic N) is 1. The molecule has 1 aliphatic rings. The van der Waals surface area contributed by atoms with Crippen molar-refractivity contribution in [3.8, 4) is 0 Å². The van der Waals surface area contributed by atoms with Gasteiger partial charge in [0, 0.05) is 33.0 Å². The van der Waals surface area contributed by atoms with E-state index in [0.29, 0.717) is 0 Å². The molecule has 11 heteroatoms. The number of phosphoric ester groups is 1. The Labute approximate surface area is 132 Å². The zero-order valence-corrected chi connectivity index (χ0v) is 14.0. The van der Waals surface area contributed by atoms with Gasteiger partial charge in [-0.05, 0) is 6.26 Å². The second kappa shape index (κ2) is 8.64. The first-order chi connectivity index (χ1) is 10.3. The highest BCUT2D eigenvalue weighted by Crippen LogP contribution is 2.41. The summed E-state index contributed by atoms with van der Waals surface area (Å²) in [6.45, 7) is -0.149. The number of hydrogen-bond acceptors (Lipinski definition) is 7. The van der Waals surface area contributed by atoms with Crippen LogP contribution in [0.4, 0.5) is 0 Å². The van der Waals surface area contributed by atoms with Crippen LogP contribution in [0.25, 0.3) is 0 Å². The summed E-state index contributed by atoms with van der Waals surface area (Å²) in [7, 11) is -3.01. The number of phosphoric acid groups is 1. The zero-order valence-electron chi connectivity index (χ0n) is 12.3. The molecule has 1 heterocycles. The lowest BCUT2D eigenvalue weighted by Crippen LogP contribution is -2.36. The Morgan fingerprint density at radius 3 is 2.77 bits per heavy atom. The van der Waals surface area contributed by atoms with E-state index in [4.69, 9.17) is 4.89 Å². The van der Waals surface area contributed by atoms with Crippen LogP contribution in [0, 0.1) is 0 Å². The monoisotopic (exact) mass is 354 g/mol. The molecule has 0 bridgehead atoms. The molecule has 0 aromatic heterocycles. The molecule has 1 aliphatic heterocycles. The van der Waals surface area contributed by atoms with Gasteiger partial charge in [0.15, 0.2) is 0 Å². The van der Waals surface area contributed by atoms with Crippen molar-refractivity contribution in [2.45, 2.75) is 18.1 Å². The fourth-order valence-electron chi connectivity index (χ4n) is 1.78. The quantitative estimate of drug-likeness (QED) is 0.330. The van der Waals surface area contributed by atoms with Crippen LogP contribution >= 0.6 is 19.6 Å². The smallest absolute Gasteiger partial charge is 0.354 e. The van der Waals surface area contributed by atoms with Gasteiger partial charge in [0.25, 0.3) is 0 Å². The first-order valence-corrected chi connectivity index (χ1v) is 9.26. The number of imide groups is 1. The van der Waals surface area contributed by atoms with Crippen molar-refractivity contribution in [3.63, 3.8) is 0 Å². The van der Waals surface area contributed by atoms with Crippen LogP contribution in [0.15, 0.2) is 0 Å². The summed E-state index contributed by atoms with van der Waals surface area (Å²) in [6, 6.07) is 0. The van der Waals surface area contributed by atoms with Gasteiger partial charge >= 0.3 is 7.82 Å². The third-order valence-corrected chi connectivity index (χ3v) is 4.87. The summed E-state index contributed by atoms with van der Waals surface area (Å²) in [4.78, 5) is 45.1. The molecule has 1 saturated heterocycles. The number of likely N-dealkylation sites (tertiary alicyclic amines) is 1. The van der Waals surface area contributed by atoms with Crippen molar-refractivity contribution in [2.75, 3.05) is 33.1 Å². The number of carbonyl (C=O) groups is 3. The van der Waals surface area contributed by atoms with Crippen molar-refractivity contribution in [3.05, 3.63) is 0 Å². The summed E-state index contributed by atoms with van der Waals surface area (Å²) < 4.78 is 19.7. The Balaban J connectivity index is 2.25. The summed E-state index contributed by atoms with van der Waals surface area (Å²) in [5.41, 5.74) is 0. The molecule has 0 spiro atoms. The minimum atomic E-state index is -4.04. The van der Waals surface area contributed by atoms with E-state index in [9.17, 15) is 18.9 Å². The van der Waals surface area contributed by atoms with Crippen LogP contribution in [0.3, 0.4) is 0 Å². The topological polar surface area (TPSA) is 122 Å². The van der Waals surface area contributed by atoms with Gasteiger partial charge in [0.2, 0.25) is 17.7 Å². The van der Waals surface area contributed by atoms with Crippen molar-refractivity contribution >= 4 is 37.3 Å². The summed E-state index contributed by atoms with van der Waals surface area (Å²) in [5.74, 6) is -0.932. The zero-order chi connectivity index (χ0) is 16.8. The number of thioether (sulfide) groups is 1. The van der Waals surface area contributed by atoms with Crippen molar-refractivity contribution in [1.82, 2.24) is 10.2 Å². The molecule has 2 unspecified atom stereocenters. The number of hydrogen-bond donors (Lipinski definition) is 2. The Kier molecular flexibility index (Phi) is 7.51. The number of amides is 3. The maximum Gasteiger partial charge on any atom is 0.471 e. The van der Waals surface area contributed by atoms with Gasteiger partial charge in [0.05, 0.1) is 11.9 Å². The van der Waals surface area contributed by atoms with E-state index >= 15 is 0 Å². The third-order valence-electron chi connectivity index (χ3n) is 2.96. The maximum atomic E-state index is 11.8. The van der Waals surface area contributed by atoms with Gasteiger partial charge in [-0.15, -0.1) is 0 Å². The Morgan fingerprint density at radius 1 is 1.55 bits per heavy atom. The number of carbonyl (C=O) groups excluding carboxylic acids is 3. The third kappa shape index (κ3) is 5.69. The van der Waals surface area contributed by atoms with Crippen molar-refractivity contribution in [1.29, 1.82) is 0 Å². The normalized spacial score (nSPS) is 21.0. The highest BCUT2D eigenvalue weighted by atomic mass is 32.2. The van der Waals surface area contributed by atoms with Crippen LogP contribution < -0.4 is 5.32 Å². The number of rotatable bonds is 9. The van der Waals surface area contributed by atoms with E-state index in [1.807, 2.05) is 0 Å². The summed E-state index contributed by atoms with van der Waals surface area (Å²) in [5, 5.41) is 2.09. The van der Waals surface area contributed by atoms with Gasteiger partial charge < -0.3 is 10.2 Å². The molecule has 22 heavy (non-hydrogen) atoms. The lowest BCUT2D eigenvalue weighted by atomic mass is 10.3. The molecule has 9 nitrogen and oxygen atoms in total. The molecule has 0 aromatic carbocycles. The van der Waals surface area contributed by atoms with E-state index in [0.717, 1.165) is 12.0 Å². The molecule has 0 aromatic rings. The lowest BCUT2D eigenvalue weighted by Gasteiger charge is -2.14. The standard InChI is InChI=1S/C11H19N2O7PS/c1-19-21(17,18)20-6-4-12-9(14)3-5-13-10(15)7-8(22-2)11(13)16/h8H,3-7H2,1-2H3,(H,12,14)(H,17,18). The van der Waals surface area contributed by atoms with Gasteiger partial charge in [-0.1, -0.05) is 0 Å². The first-order valence-electron chi connectivity index (χ1n) is 6.47. The molecular weight excluding hydrogens is 335 g/mol. The van der Waals surface area contributed by atoms with Gasteiger partial charge in [-0.2, -0.15) is 11.8 Å². The molecule has 1 rings (SSSR count). The Morgan fingerprint density at radius 2 is 2.23 bits per heavy atom. The fourth-order valence-corrected chi connectivity index (χ4v) is 2.84. The van der Waals surface area contributed by atoms with E-state index in [-0.39, 0.29) is 55.5 Å². The van der Waals surface area contributed by atoms with Gasteiger partial charge in [0.1, 0.15) is 0 Å². The van der Waals surface area contributed by atoms with E-state index in [2.05, 4.69) is 14.4 Å². The lowest BCUT2D eigenvalue weighted by molar-refractivity contribution is -0.138. The second-order valence-electron chi connectivity index (χ2n) is 4.40. The van der Waals surface area contributed by atoms with Crippen molar-refractivity contribution < 1.29 is 32.9 Å². The highest BCUT2D eigenvalue weighted by Gasteiger charge is 2.37. The Hall–Kier alpha value is -0.930. The SMILES string of the molecule is COP(=O)(O)OCCNC(=O)CCN1C(=O)CC(SC)C1=O. The van der Waals surface area contributed by atoms with Crippen molar-refractivity contribution in [2.24, 2.45) is 0 Å². The second-order valence-corrected chi connectivity index (χ2v) is 7.00. The molecule has 0 aliphatic carbocycles. The highest BCUT2D eigenvalue weighted by molar-refractivity contribution is 8.00. The molecule has 0 radical (unpaired) electrons.